The van der Waals surface area contributed by atoms with Crippen LogP contribution in [0.15, 0.2) is 0 Å². The molecule has 0 unspecified atom stereocenters. The van der Waals surface area contributed by atoms with Crippen molar-refractivity contribution < 1.29 is 0 Å². The Morgan fingerprint density at radius 3 is 1.67 bits per heavy atom. The van der Waals surface area contributed by atoms with E-state index in [-0.39, 0.29) is 0 Å². The maximum atomic E-state index is 2.47. The topological polar surface area (TPSA) is 0 Å². The predicted octanol–water partition coefficient (Wildman–Crippen LogP) is 5.41. The van der Waals surface area contributed by atoms with Crippen molar-refractivity contribution in [3.63, 3.8) is 0 Å². The summed E-state index contributed by atoms with van der Waals surface area (Å²) in [5.41, 5.74) is 18.9. The summed E-state index contributed by atoms with van der Waals surface area (Å²) in [4.78, 5) is 0. The molecule has 2 aliphatic rings. The molecule has 0 fully saturated rings. The third kappa shape index (κ3) is 2.00. The molecule has 0 nitrogen and oxygen atoms in total. The van der Waals surface area contributed by atoms with E-state index >= 15 is 0 Å². The molecule has 1 heterocycles. The molecule has 2 aromatic rings. The SMILES string of the molecule is Cc1c(C)c2c(c(-c3c(C)c(C)c(C)c4c3CCC4)c1C)C[B]C2. The average Bonchev–Trinajstić information content (AvgIpc) is 3.23. The summed E-state index contributed by atoms with van der Waals surface area (Å²) in [6.07, 6.45) is 6.16. The summed E-state index contributed by atoms with van der Waals surface area (Å²) < 4.78 is 0. The van der Waals surface area contributed by atoms with Crippen LogP contribution in [0.1, 0.15) is 62.1 Å². The Kier molecular flexibility index (Phi) is 3.67. The summed E-state index contributed by atoms with van der Waals surface area (Å²) in [6, 6.07) is 0. The Bertz CT molecular complexity index is 798. The molecule has 1 heteroatoms. The van der Waals surface area contributed by atoms with Gasteiger partial charge in [-0.15, -0.1) is 0 Å². The maximum absolute atomic E-state index is 2.47. The van der Waals surface area contributed by atoms with Gasteiger partial charge in [-0.3, -0.25) is 0 Å². The largest absolute Gasteiger partial charge is 0.121 e. The van der Waals surface area contributed by atoms with Crippen LogP contribution in [0.25, 0.3) is 11.1 Å². The van der Waals surface area contributed by atoms with Gasteiger partial charge in [-0.25, -0.2) is 0 Å². The summed E-state index contributed by atoms with van der Waals surface area (Å²) in [7, 11) is 2.47. The fourth-order valence-corrected chi connectivity index (χ4v) is 5.19. The van der Waals surface area contributed by atoms with E-state index in [4.69, 9.17) is 0 Å². The van der Waals surface area contributed by atoms with E-state index in [2.05, 4.69) is 48.8 Å². The van der Waals surface area contributed by atoms with Gasteiger partial charge in [0.25, 0.3) is 0 Å². The van der Waals surface area contributed by atoms with Gasteiger partial charge >= 0.3 is 0 Å². The third-order valence-corrected chi connectivity index (χ3v) is 7.04. The van der Waals surface area contributed by atoms with Crippen LogP contribution in [0, 0.1) is 41.5 Å². The summed E-state index contributed by atoms with van der Waals surface area (Å²) in [5, 5.41) is 0. The van der Waals surface area contributed by atoms with Crippen LogP contribution in [0.3, 0.4) is 0 Å². The lowest BCUT2D eigenvalue weighted by molar-refractivity contribution is 0.909. The zero-order valence-electron chi connectivity index (χ0n) is 16.1. The first kappa shape index (κ1) is 16.0. The van der Waals surface area contributed by atoms with E-state index in [9.17, 15) is 0 Å². The molecular weight excluding hydrogens is 287 g/mol. The molecule has 0 aromatic heterocycles. The Hall–Kier alpha value is -1.50. The second-order valence-electron chi connectivity index (χ2n) is 7.96. The fraction of sp³-hybridized carbons (Fsp3) is 0.478. The molecule has 0 N–H and O–H groups in total. The van der Waals surface area contributed by atoms with Crippen molar-refractivity contribution in [3.8, 4) is 11.1 Å². The normalized spacial score (nSPS) is 15.4. The Labute approximate surface area is 147 Å². The summed E-state index contributed by atoms with van der Waals surface area (Å²) >= 11 is 0. The van der Waals surface area contributed by atoms with Gasteiger partial charge in [0.15, 0.2) is 0 Å². The number of benzene rings is 2. The first-order valence-electron chi connectivity index (χ1n) is 9.48. The van der Waals surface area contributed by atoms with Crippen molar-refractivity contribution in [1.82, 2.24) is 0 Å². The standard InChI is InChI=1S/C23H28B/c1-12-14(3)18-8-7-9-19(18)22(16(12)5)23-17(6)13(2)15(4)20-10-24-11-21(20)23/h7-11H2,1-6H3. The molecule has 4 rings (SSSR count). The zero-order chi connectivity index (χ0) is 17.2. The minimum absolute atomic E-state index is 1.15. The van der Waals surface area contributed by atoms with Gasteiger partial charge in [-0.1, -0.05) is 12.6 Å². The van der Waals surface area contributed by atoms with E-state index in [0.29, 0.717) is 0 Å². The molecular formula is C23H28B. The lowest BCUT2D eigenvalue weighted by Gasteiger charge is -2.25. The van der Waals surface area contributed by atoms with E-state index in [1.807, 2.05) is 0 Å². The zero-order valence-corrected chi connectivity index (χ0v) is 16.1. The Balaban J connectivity index is 2.14. The van der Waals surface area contributed by atoms with Crippen LogP contribution >= 0.6 is 0 Å². The highest BCUT2D eigenvalue weighted by Crippen LogP contribution is 2.45. The lowest BCUT2D eigenvalue weighted by Crippen LogP contribution is -2.06. The smallest absolute Gasteiger partial charge is 0.0549 e. The molecule has 0 atom stereocenters. The van der Waals surface area contributed by atoms with Gasteiger partial charge in [-0.05, 0) is 128 Å². The van der Waals surface area contributed by atoms with Crippen molar-refractivity contribution in [3.05, 3.63) is 55.6 Å². The highest BCUT2D eigenvalue weighted by Gasteiger charge is 2.28. The number of hydrogen-bond donors (Lipinski definition) is 0. The summed E-state index contributed by atoms with van der Waals surface area (Å²) in [6.45, 7) is 14.0. The van der Waals surface area contributed by atoms with Crippen molar-refractivity contribution in [2.24, 2.45) is 0 Å². The monoisotopic (exact) mass is 315 g/mol. The van der Waals surface area contributed by atoms with Gasteiger partial charge in [0.2, 0.25) is 0 Å². The molecule has 0 saturated carbocycles. The van der Waals surface area contributed by atoms with E-state index in [1.54, 1.807) is 38.9 Å². The van der Waals surface area contributed by atoms with Gasteiger partial charge in [0.1, 0.15) is 7.28 Å². The van der Waals surface area contributed by atoms with Crippen molar-refractivity contribution in [2.75, 3.05) is 0 Å². The molecule has 0 saturated heterocycles. The van der Waals surface area contributed by atoms with Gasteiger partial charge < -0.3 is 0 Å². The van der Waals surface area contributed by atoms with Gasteiger partial charge in [0, 0.05) is 0 Å². The Morgan fingerprint density at radius 2 is 1.00 bits per heavy atom. The molecule has 1 aliphatic carbocycles. The van der Waals surface area contributed by atoms with Crippen molar-refractivity contribution >= 4 is 7.28 Å². The van der Waals surface area contributed by atoms with Gasteiger partial charge in [-0.2, -0.15) is 0 Å². The third-order valence-electron chi connectivity index (χ3n) is 7.04. The molecule has 0 spiro atoms. The van der Waals surface area contributed by atoms with Crippen LogP contribution < -0.4 is 0 Å². The predicted molar refractivity (Wildman–Crippen MR) is 105 cm³/mol. The molecule has 0 amide bonds. The van der Waals surface area contributed by atoms with Crippen LogP contribution in [0.2, 0.25) is 0 Å². The van der Waals surface area contributed by atoms with Crippen molar-refractivity contribution in [2.45, 2.75) is 73.4 Å². The maximum Gasteiger partial charge on any atom is 0.121 e. The van der Waals surface area contributed by atoms with E-state index < -0.39 is 0 Å². The van der Waals surface area contributed by atoms with Crippen LogP contribution in [0.4, 0.5) is 0 Å². The quantitative estimate of drug-likeness (QED) is 0.617. The second kappa shape index (κ2) is 5.51. The Morgan fingerprint density at radius 1 is 0.500 bits per heavy atom. The first-order valence-corrected chi connectivity index (χ1v) is 9.48. The van der Waals surface area contributed by atoms with Crippen LogP contribution in [-0.2, 0) is 25.5 Å². The molecule has 1 aliphatic heterocycles. The number of hydrogen-bond acceptors (Lipinski definition) is 0. The lowest BCUT2D eigenvalue weighted by atomic mass is 9.74. The molecule has 1 radical (unpaired) electrons. The van der Waals surface area contributed by atoms with Crippen LogP contribution in [-0.4, -0.2) is 7.28 Å². The highest BCUT2D eigenvalue weighted by atomic mass is 14.3. The minimum atomic E-state index is 1.15. The average molecular weight is 315 g/mol. The van der Waals surface area contributed by atoms with Gasteiger partial charge in [0.05, 0.1) is 0 Å². The van der Waals surface area contributed by atoms with E-state index in [1.165, 1.54) is 47.1 Å². The molecule has 123 valence electrons. The van der Waals surface area contributed by atoms with Crippen molar-refractivity contribution in [1.29, 1.82) is 0 Å². The van der Waals surface area contributed by atoms with Crippen LogP contribution in [0.5, 0.6) is 0 Å². The second-order valence-corrected chi connectivity index (χ2v) is 7.96. The number of fused-ring (bicyclic) bond motifs is 2. The molecule has 24 heavy (non-hydrogen) atoms. The fourth-order valence-electron chi connectivity index (χ4n) is 5.19. The first-order chi connectivity index (χ1) is 11.4. The summed E-state index contributed by atoms with van der Waals surface area (Å²) in [5.74, 6) is 0. The highest BCUT2D eigenvalue weighted by molar-refractivity contribution is 6.37. The minimum Gasteiger partial charge on any atom is -0.0549 e. The number of rotatable bonds is 1. The van der Waals surface area contributed by atoms with E-state index in [0.717, 1.165) is 12.6 Å². The molecule has 2 aromatic carbocycles. The molecule has 0 bridgehead atoms.